The zero-order chi connectivity index (χ0) is 70.8. The third-order valence-corrected chi connectivity index (χ3v) is 15.5. The zero-order valence-corrected chi connectivity index (χ0v) is 61.2. The minimum Gasteiger partial charge on any atom is -0.453 e. The number of anilines is 4. The van der Waals surface area contributed by atoms with Crippen LogP contribution in [0.15, 0.2) is 386 Å². The molecule has 5 nitrogen and oxygen atoms in total. The van der Waals surface area contributed by atoms with E-state index in [1.165, 1.54) is 64.8 Å². The Balaban J connectivity index is 0.000000236. The number of rotatable bonds is 0. The number of fused-ring (bicyclic) bond motifs is 10. The second kappa shape index (κ2) is 48.8. The van der Waals surface area contributed by atoms with Crippen molar-refractivity contribution in [2.75, 3.05) is 23.9 Å². The quantitative estimate of drug-likeness (QED) is 0.151. The predicted molar refractivity (Wildman–Crippen MR) is 436 cm³/mol. The van der Waals surface area contributed by atoms with E-state index in [4.69, 9.17) is 4.74 Å². The van der Waals surface area contributed by atoms with Crippen molar-refractivity contribution in [3.8, 4) is 11.5 Å². The van der Waals surface area contributed by atoms with E-state index in [2.05, 4.69) is 205 Å². The number of nitrogens with zero attached hydrogens (tertiary/aromatic N) is 4. The summed E-state index contributed by atoms with van der Waals surface area (Å²) in [5.41, 5.74) is 10.00. The first-order chi connectivity index (χ1) is 48.5. The van der Waals surface area contributed by atoms with Gasteiger partial charge in [0.05, 0.1) is 22.7 Å². The standard InChI is InChI=1S/C13H11NO.C13H11NS.2C13H11N.5C6H6.5C2H6/c2*1-14-10-6-2-4-8-12(10)15-13-9-5-3-7-11(13)14;2*1-14-12-8-4-2-6-10(12)11-7-3-5-9-13(11)14;5*1-2-4-6-5-3-1;5*1-2/h2*2-9H,1H3;2*2-9H,1H3;5*1-6H;5*1-2H3. The normalized spacial score (nSPS) is 9.94. The molecule has 6 heteroatoms. The summed E-state index contributed by atoms with van der Waals surface area (Å²) in [6.07, 6.45) is 0. The van der Waals surface area contributed by atoms with Gasteiger partial charge >= 0.3 is 0 Å². The Hall–Kier alpha value is -10.8. The van der Waals surface area contributed by atoms with Gasteiger partial charge in [-0.3, -0.25) is 0 Å². The van der Waals surface area contributed by atoms with Crippen molar-refractivity contribution in [3.05, 3.63) is 376 Å². The summed E-state index contributed by atoms with van der Waals surface area (Å²) in [5, 5.41) is 5.35. The molecule has 17 rings (SSSR count). The first kappa shape index (κ1) is 79.6. The lowest BCUT2D eigenvalue weighted by Gasteiger charge is -2.29. The van der Waals surface area contributed by atoms with Gasteiger partial charge in [-0.1, -0.05) is 384 Å². The van der Waals surface area contributed by atoms with Crippen LogP contribution >= 0.6 is 11.8 Å². The van der Waals surface area contributed by atoms with E-state index in [1.807, 2.05) is 299 Å². The molecule has 0 amide bonds. The van der Waals surface area contributed by atoms with Gasteiger partial charge in [-0.15, -0.1) is 0 Å². The molecule has 0 radical (unpaired) electrons. The van der Waals surface area contributed by atoms with Gasteiger partial charge in [-0.2, -0.15) is 0 Å². The molecule has 0 saturated carbocycles. The molecule has 0 bridgehead atoms. The molecule has 98 heavy (non-hydrogen) atoms. The molecule has 2 aliphatic rings. The highest BCUT2D eigenvalue weighted by molar-refractivity contribution is 7.99. The second-order valence-electron chi connectivity index (χ2n) is 20.2. The first-order valence-corrected chi connectivity index (χ1v) is 35.3. The van der Waals surface area contributed by atoms with Gasteiger partial charge in [-0.25, -0.2) is 0 Å². The largest absolute Gasteiger partial charge is 0.453 e. The topological polar surface area (TPSA) is 25.6 Å². The van der Waals surface area contributed by atoms with Crippen LogP contribution in [0.4, 0.5) is 22.7 Å². The Labute approximate surface area is 592 Å². The highest BCUT2D eigenvalue weighted by Crippen LogP contribution is 2.47. The van der Waals surface area contributed by atoms with Crippen molar-refractivity contribution in [2.24, 2.45) is 14.1 Å². The summed E-state index contributed by atoms with van der Waals surface area (Å²) in [6, 6.07) is 127. The van der Waals surface area contributed by atoms with E-state index in [0.717, 1.165) is 22.9 Å². The van der Waals surface area contributed by atoms with Crippen LogP contribution in [-0.4, -0.2) is 23.2 Å². The molecular weight excluding hydrogens is 1210 g/mol. The maximum absolute atomic E-state index is 5.81. The van der Waals surface area contributed by atoms with Crippen LogP contribution in [0, 0.1) is 0 Å². The van der Waals surface area contributed by atoms with Gasteiger partial charge in [0.1, 0.15) is 0 Å². The number of para-hydroxylation sites is 10. The number of benzene rings is 13. The fourth-order valence-corrected chi connectivity index (χ4v) is 11.1. The maximum atomic E-state index is 5.81. The molecule has 504 valence electrons. The third-order valence-electron chi connectivity index (χ3n) is 14.3. The van der Waals surface area contributed by atoms with Gasteiger partial charge in [0, 0.05) is 81.6 Å². The summed E-state index contributed by atoms with van der Waals surface area (Å²) in [7, 11) is 8.41. The monoisotopic (exact) mass is 1310 g/mol. The minimum absolute atomic E-state index is 0.915. The summed E-state index contributed by atoms with van der Waals surface area (Å²) >= 11 is 1.84. The Bertz CT molecular complexity index is 3680. The highest BCUT2D eigenvalue weighted by atomic mass is 32.2. The van der Waals surface area contributed by atoms with Crippen molar-refractivity contribution in [2.45, 2.75) is 79.0 Å². The maximum Gasteiger partial charge on any atom is 0.151 e. The zero-order valence-electron chi connectivity index (χ0n) is 60.4. The lowest BCUT2D eigenvalue weighted by atomic mass is 10.2. The van der Waals surface area contributed by atoms with E-state index in [0.29, 0.717) is 0 Å². The number of hydrogen-bond donors (Lipinski definition) is 0. The van der Waals surface area contributed by atoms with Crippen LogP contribution in [0.5, 0.6) is 11.5 Å². The molecule has 4 heterocycles. The Morgan fingerprint density at radius 3 is 0.602 bits per heavy atom. The highest BCUT2D eigenvalue weighted by Gasteiger charge is 2.21. The molecule has 0 unspecified atom stereocenters. The molecule has 15 aromatic rings. The van der Waals surface area contributed by atoms with Gasteiger partial charge in [0.2, 0.25) is 0 Å². The van der Waals surface area contributed by atoms with Crippen molar-refractivity contribution in [1.82, 2.24) is 9.13 Å². The second-order valence-corrected chi connectivity index (χ2v) is 21.2. The lowest BCUT2D eigenvalue weighted by molar-refractivity contribution is 0.475. The fraction of sp³-hybridized carbons (Fsp3) is 0.152. The first-order valence-electron chi connectivity index (χ1n) is 34.5. The fourth-order valence-electron chi connectivity index (χ4n) is 9.94. The number of hydrogen-bond acceptors (Lipinski definition) is 4. The Morgan fingerprint density at radius 1 is 0.194 bits per heavy atom. The summed E-state index contributed by atoms with van der Waals surface area (Å²) < 4.78 is 10.3. The molecule has 0 aliphatic carbocycles. The van der Waals surface area contributed by atoms with E-state index < -0.39 is 0 Å². The van der Waals surface area contributed by atoms with Gasteiger partial charge < -0.3 is 23.7 Å². The van der Waals surface area contributed by atoms with Gasteiger partial charge in [-0.05, 0) is 72.8 Å². The minimum atomic E-state index is 0.915. The molecule has 0 N–H and O–H groups in total. The molecule has 0 saturated heterocycles. The molecular formula is C92H104N4OS. The van der Waals surface area contributed by atoms with Gasteiger partial charge in [0.25, 0.3) is 0 Å². The van der Waals surface area contributed by atoms with Crippen molar-refractivity contribution >= 4 is 78.1 Å². The number of aromatic nitrogens is 2. The average Bonchev–Trinajstić information content (AvgIpc) is 1.57. The molecule has 0 fully saturated rings. The van der Waals surface area contributed by atoms with Crippen LogP contribution in [0.3, 0.4) is 0 Å². The molecule has 0 spiro atoms. The lowest BCUT2D eigenvalue weighted by Crippen LogP contribution is -2.15. The molecule has 2 aliphatic heterocycles. The van der Waals surface area contributed by atoms with Crippen molar-refractivity contribution < 1.29 is 4.74 Å². The smallest absolute Gasteiger partial charge is 0.151 e. The summed E-state index contributed by atoms with van der Waals surface area (Å²) in [5.74, 6) is 1.83. The van der Waals surface area contributed by atoms with Crippen molar-refractivity contribution in [1.29, 1.82) is 0 Å². The van der Waals surface area contributed by atoms with Crippen LogP contribution in [0.1, 0.15) is 69.2 Å². The van der Waals surface area contributed by atoms with Crippen LogP contribution in [0.2, 0.25) is 0 Å². The molecule has 13 aromatic carbocycles. The average molecular weight is 1310 g/mol. The molecule has 2 aromatic heterocycles. The van der Waals surface area contributed by atoms with E-state index in [9.17, 15) is 0 Å². The van der Waals surface area contributed by atoms with Crippen LogP contribution in [0.25, 0.3) is 43.6 Å². The van der Waals surface area contributed by atoms with Crippen LogP contribution in [-0.2, 0) is 14.1 Å². The van der Waals surface area contributed by atoms with Gasteiger partial charge in [0.15, 0.2) is 11.5 Å². The number of aryl methyl sites for hydroxylation is 2. The van der Waals surface area contributed by atoms with E-state index in [1.54, 1.807) is 0 Å². The van der Waals surface area contributed by atoms with Crippen molar-refractivity contribution in [3.63, 3.8) is 0 Å². The van der Waals surface area contributed by atoms with E-state index >= 15 is 0 Å². The molecule has 0 atom stereocenters. The van der Waals surface area contributed by atoms with Crippen LogP contribution < -0.4 is 14.5 Å². The summed E-state index contributed by atoms with van der Waals surface area (Å²) in [4.78, 5) is 7.06. The Kier molecular flexibility index (Phi) is 39.7. The predicted octanol–water partition coefficient (Wildman–Crippen LogP) is 27.7. The number of ether oxygens (including phenoxy) is 1. The van der Waals surface area contributed by atoms with E-state index in [-0.39, 0.29) is 0 Å². The summed E-state index contributed by atoms with van der Waals surface area (Å²) in [6.45, 7) is 20.0. The Morgan fingerprint density at radius 2 is 0.367 bits per heavy atom. The SMILES string of the molecule is CC.CC.CC.CC.CC.CN1c2ccccc2Oc2ccccc21.CN1c2ccccc2Sc2ccccc21.Cn1c2ccccc2c2ccccc21.Cn1c2ccccc2c2ccccc21.c1ccccc1.c1ccccc1.c1ccccc1.c1ccccc1.c1ccccc1. The third kappa shape index (κ3) is 25.1.